The lowest BCUT2D eigenvalue weighted by atomic mass is 9.97. The summed E-state index contributed by atoms with van der Waals surface area (Å²) in [4.78, 5) is 13.0. The van der Waals surface area contributed by atoms with Crippen molar-refractivity contribution in [3.05, 3.63) is 29.3 Å². The van der Waals surface area contributed by atoms with Crippen LogP contribution >= 0.6 is 11.8 Å². The molecule has 0 aliphatic carbocycles. The normalized spacial score (nSPS) is 18.6. The van der Waals surface area contributed by atoms with Crippen LogP contribution in [0.3, 0.4) is 0 Å². The highest BCUT2D eigenvalue weighted by atomic mass is 32.2. The maximum atomic E-state index is 11.8. The predicted molar refractivity (Wildman–Crippen MR) is 67.3 cm³/mol. The third-order valence-corrected chi connectivity index (χ3v) is 3.63. The summed E-state index contributed by atoms with van der Waals surface area (Å²) in [5.41, 5.74) is 2.19. The third kappa shape index (κ3) is 2.48. The predicted octanol–water partition coefficient (Wildman–Crippen LogP) is 2.59. The molecular formula is C13H16O3S. The quantitative estimate of drug-likeness (QED) is 0.612. The molecule has 1 aliphatic heterocycles. The van der Waals surface area contributed by atoms with Crippen molar-refractivity contribution in [3.8, 4) is 0 Å². The molecule has 4 heteroatoms. The van der Waals surface area contributed by atoms with Crippen molar-refractivity contribution < 1.29 is 14.3 Å². The lowest BCUT2D eigenvalue weighted by molar-refractivity contribution is -0.158. The Morgan fingerprint density at radius 2 is 2.41 bits per heavy atom. The number of hydrogen-bond acceptors (Lipinski definition) is 4. The SMILES string of the molecule is CCOC(=O)C1OCCc2c(SC)cccc21. The first kappa shape index (κ1) is 12.5. The Morgan fingerprint density at radius 3 is 3.12 bits per heavy atom. The van der Waals surface area contributed by atoms with Gasteiger partial charge in [-0.1, -0.05) is 12.1 Å². The molecule has 17 heavy (non-hydrogen) atoms. The maximum Gasteiger partial charge on any atom is 0.339 e. The summed E-state index contributed by atoms with van der Waals surface area (Å²) in [5, 5.41) is 0. The summed E-state index contributed by atoms with van der Waals surface area (Å²) in [6.07, 6.45) is 2.36. The minimum atomic E-state index is -0.550. The molecule has 1 aliphatic rings. The number of thioether (sulfide) groups is 1. The van der Waals surface area contributed by atoms with Gasteiger partial charge < -0.3 is 9.47 Å². The standard InChI is InChI=1S/C13H16O3S/c1-3-15-13(14)12-10-5-4-6-11(17-2)9(10)7-8-16-12/h4-6,12H,3,7-8H2,1-2H3. The van der Waals surface area contributed by atoms with Crippen LogP contribution < -0.4 is 0 Å². The molecule has 0 aromatic heterocycles. The van der Waals surface area contributed by atoms with Crippen LogP contribution in [0.15, 0.2) is 23.1 Å². The van der Waals surface area contributed by atoms with Gasteiger partial charge in [-0.05, 0) is 36.8 Å². The Morgan fingerprint density at radius 1 is 1.59 bits per heavy atom. The number of hydrogen-bond donors (Lipinski definition) is 0. The van der Waals surface area contributed by atoms with Gasteiger partial charge in [-0.3, -0.25) is 0 Å². The molecule has 1 atom stereocenters. The first-order valence-electron chi connectivity index (χ1n) is 5.72. The highest BCUT2D eigenvalue weighted by molar-refractivity contribution is 7.98. The van der Waals surface area contributed by atoms with Crippen molar-refractivity contribution >= 4 is 17.7 Å². The zero-order valence-electron chi connectivity index (χ0n) is 10.1. The van der Waals surface area contributed by atoms with E-state index in [1.54, 1.807) is 18.7 Å². The minimum Gasteiger partial charge on any atom is -0.464 e. The smallest absolute Gasteiger partial charge is 0.339 e. The van der Waals surface area contributed by atoms with Crippen molar-refractivity contribution in [2.24, 2.45) is 0 Å². The molecule has 0 spiro atoms. The Labute approximate surface area is 105 Å². The number of carbonyl (C=O) groups excluding carboxylic acids is 1. The van der Waals surface area contributed by atoms with Crippen molar-refractivity contribution in [2.75, 3.05) is 19.5 Å². The molecule has 0 amide bonds. The third-order valence-electron chi connectivity index (χ3n) is 2.81. The van der Waals surface area contributed by atoms with Gasteiger partial charge in [0.05, 0.1) is 13.2 Å². The van der Waals surface area contributed by atoms with Gasteiger partial charge in [0.15, 0.2) is 6.10 Å². The summed E-state index contributed by atoms with van der Waals surface area (Å²) in [7, 11) is 0. The summed E-state index contributed by atoms with van der Waals surface area (Å²) in [6, 6.07) is 6.00. The van der Waals surface area contributed by atoms with E-state index < -0.39 is 6.10 Å². The molecule has 0 N–H and O–H groups in total. The van der Waals surface area contributed by atoms with Crippen LogP contribution in [0, 0.1) is 0 Å². The fourth-order valence-electron chi connectivity index (χ4n) is 2.07. The van der Waals surface area contributed by atoms with E-state index in [0.717, 1.165) is 12.0 Å². The molecule has 1 aromatic carbocycles. The Kier molecular flexibility index (Phi) is 4.07. The molecule has 0 saturated carbocycles. The van der Waals surface area contributed by atoms with E-state index in [1.165, 1.54) is 10.5 Å². The molecule has 0 bridgehead atoms. The highest BCUT2D eigenvalue weighted by Crippen LogP contribution is 2.33. The average molecular weight is 252 g/mol. The largest absolute Gasteiger partial charge is 0.464 e. The zero-order valence-corrected chi connectivity index (χ0v) is 10.9. The fourth-order valence-corrected chi connectivity index (χ4v) is 2.75. The Balaban J connectivity index is 2.34. The first-order chi connectivity index (χ1) is 8.27. The minimum absolute atomic E-state index is 0.285. The van der Waals surface area contributed by atoms with E-state index in [-0.39, 0.29) is 5.97 Å². The van der Waals surface area contributed by atoms with Gasteiger partial charge in [-0.25, -0.2) is 4.79 Å². The molecule has 1 unspecified atom stereocenters. The van der Waals surface area contributed by atoms with E-state index in [2.05, 4.69) is 6.07 Å². The van der Waals surface area contributed by atoms with Crippen LogP contribution in [0.4, 0.5) is 0 Å². The summed E-state index contributed by atoms with van der Waals surface area (Å²) in [6.45, 7) is 2.77. The fraction of sp³-hybridized carbons (Fsp3) is 0.462. The molecule has 0 saturated heterocycles. The van der Waals surface area contributed by atoms with E-state index in [4.69, 9.17) is 9.47 Å². The summed E-state index contributed by atoms with van der Waals surface area (Å²) in [5.74, 6) is -0.285. The van der Waals surface area contributed by atoms with Crippen molar-refractivity contribution in [3.63, 3.8) is 0 Å². The Bertz CT molecular complexity index is 417. The van der Waals surface area contributed by atoms with E-state index in [0.29, 0.717) is 13.2 Å². The molecule has 0 fully saturated rings. The van der Waals surface area contributed by atoms with Gasteiger partial charge >= 0.3 is 5.97 Å². The van der Waals surface area contributed by atoms with Crippen LogP contribution in [0.1, 0.15) is 24.2 Å². The number of esters is 1. The van der Waals surface area contributed by atoms with Crippen LogP contribution in [-0.2, 0) is 20.7 Å². The van der Waals surface area contributed by atoms with Gasteiger partial charge in [0.2, 0.25) is 0 Å². The first-order valence-corrected chi connectivity index (χ1v) is 6.94. The Hall–Kier alpha value is -1.00. The second-order valence-corrected chi connectivity index (χ2v) is 4.63. The lowest BCUT2D eigenvalue weighted by Crippen LogP contribution is -2.25. The summed E-state index contributed by atoms with van der Waals surface area (Å²) < 4.78 is 10.6. The number of rotatable bonds is 3. The molecule has 92 valence electrons. The molecule has 3 nitrogen and oxygen atoms in total. The maximum absolute atomic E-state index is 11.8. The molecule has 1 aromatic rings. The van der Waals surface area contributed by atoms with Gasteiger partial charge in [0.25, 0.3) is 0 Å². The topological polar surface area (TPSA) is 35.5 Å². The van der Waals surface area contributed by atoms with Crippen molar-refractivity contribution in [1.82, 2.24) is 0 Å². The van der Waals surface area contributed by atoms with Crippen LogP contribution in [0.2, 0.25) is 0 Å². The van der Waals surface area contributed by atoms with E-state index in [1.807, 2.05) is 18.4 Å². The van der Waals surface area contributed by atoms with Crippen LogP contribution in [-0.4, -0.2) is 25.4 Å². The molecule has 2 rings (SSSR count). The molecular weight excluding hydrogens is 236 g/mol. The average Bonchev–Trinajstić information content (AvgIpc) is 2.37. The van der Waals surface area contributed by atoms with Crippen molar-refractivity contribution in [2.45, 2.75) is 24.3 Å². The van der Waals surface area contributed by atoms with Crippen LogP contribution in [0.5, 0.6) is 0 Å². The monoisotopic (exact) mass is 252 g/mol. The lowest BCUT2D eigenvalue weighted by Gasteiger charge is -2.25. The number of benzene rings is 1. The zero-order chi connectivity index (χ0) is 12.3. The number of fused-ring (bicyclic) bond motifs is 1. The van der Waals surface area contributed by atoms with E-state index >= 15 is 0 Å². The van der Waals surface area contributed by atoms with Gasteiger partial charge in [0, 0.05) is 4.90 Å². The second kappa shape index (κ2) is 5.56. The van der Waals surface area contributed by atoms with E-state index in [9.17, 15) is 4.79 Å². The van der Waals surface area contributed by atoms with Gasteiger partial charge in [-0.2, -0.15) is 0 Å². The second-order valence-electron chi connectivity index (χ2n) is 3.78. The molecule has 0 radical (unpaired) electrons. The molecule has 1 heterocycles. The van der Waals surface area contributed by atoms with Crippen molar-refractivity contribution in [1.29, 1.82) is 0 Å². The number of carbonyl (C=O) groups is 1. The number of ether oxygens (including phenoxy) is 2. The highest BCUT2D eigenvalue weighted by Gasteiger charge is 2.29. The van der Waals surface area contributed by atoms with Gasteiger partial charge in [0.1, 0.15) is 0 Å². The summed E-state index contributed by atoms with van der Waals surface area (Å²) >= 11 is 1.70. The van der Waals surface area contributed by atoms with Gasteiger partial charge in [-0.15, -0.1) is 11.8 Å². The van der Waals surface area contributed by atoms with Crippen LogP contribution in [0.25, 0.3) is 0 Å².